The van der Waals surface area contributed by atoms with Gasteiger partial charge in [0.1, 0.15) is 12.6 Å². The molecule has 2 aliphatic heterocycles. The van der Waals surface area contributed by atoms with E-state index in [1.807, 2.05) is 6.92 Å². The van der Waals surface area contributed by atoms with Crippen molar-refractivity contribution in [2.24, 2.45) is 0 Å². The molecule has 1 fully saturated rings. The van der Waals surface area contributed by atoms with Crippen molar-refractivity contribution < 1.29 is 52.5 Å². The van der Waals surface area contributed by atoms with Crippen molar-refractivity contribution in [2.75, 3.05) is 64.8 Å². The minimum atomic E-state index is -1.07. The third kappa shape index (κ3) is 11.6. The molecule has 1 aromatic rings. The van der Waals surface area contributed by atoms with Crippen molar-refractivity contribution in [2.45, 2.75) is 64.3 Å². The Balaban J connectivity index is 1.19. The summed E-state index contributed by atoms with van der Waals surface area (Å²) in [6.45, 7) is 5.64. The van der Waals surface area contributed by atoms with E-state index >= 15 is 0 Å². The second kappa shape index (κ2) is 19.6. The number of nitrogens with one attached hydrogen (secondary N) is 2. The molecule has 1 unspecified atom stereocenters. The van der Waals surface area contributed by atoms with Crippen molar-refractivity contribution in [3.05, 3.63) is 29.3 Å². The molecule has 3 rings (SSSR count). The lowest BCUT2D eigenvalue weighted by molar-refractivity contribution is -0.145. The number of anilines is 1. The van der Waals surface area contributed by atoms with Gasteiger partial charge in [-0.15, -0.1) is 0 Å². The van der Waals surface area contributed by atoms with E-state index in [0.717, 1.165) is 24.2 Å². The molecule has 0 radical (unpaired) electrons. The molecule has 1 atom stereocenters. The maximum absolute atomic E-state index is 13.1. The van der Waals surface area contributed by atoms with E-state index in [0.29, 0.717) is 65.7 Å². The maximum atomic E-state index is 13.1. The van der Waals surface area contributed by atoms with Crippen molar-refractivity contribution in [3.63, 3.8) is 0 Å². The van der Waals surface area contributed by atoms with Gasteiger partial charge in [0.25, 0.3) is 11.8 Å². The quantitative estimate of drug-likeness (QED) is 0.109. The zero-order valence-corrected chi connectivity index (χ0v) is 25.8. The molecular formula is C31H43N3O11. The van der Waals surface area contributed by atoms with E-state index in [4.69, 9.17) is 23.7 Å². The molecule has 0 bridgehead atoms. The fourth-order valence-corrected chi connectivity index (χ4v) is 4.75. The molecule has 0 aliphatic carbocycles. The van der Waals surface area contributed by atoms with Gasteiger partial charge in [-0.25, -0.2) is 0 Å². The summed E-state index contributed by atoms with van der Waals surface area (Å²) in [4.78, 5) is 74.5. The molecule has 0 spiro atoms. The number of carbonyl (C=O) groups excluding carboxylic acids is 6. The number of rotatable bonds is 22. The van der Waals surface area contributed by atoms with Crippen molar-refractivity contribution in [3.8, 4) is 0 Å². The molecule has 0 aromatic heterocycles. The summed E-state index contributed by atoms with van der Waals surface area (Å²) in [6.07, 6.45) is 3.64. The summed E-state index contributed by atoms with van der Waals surface area (Å²) in [5.41, 5.74) is 0.381. The van der Waals surface area contributed by atoms with Crippen molar-refractivity contribution in [1.29, 1.82) is 0 Å². The number of ether oxygens (including phenoxy) is 5. The SMILES string of the molecule is CCCC(=O)OCCOCCOCCOCCOCCCCCC(=O)Nc1cccc2c1C(=O)N(C1CCC(=O)NC1=O)C2=O. The molecule has 2 aliphatic rings. The molecular weight excluding hydrogens is 590 g/mol. The van der Waals surface area contributed by atoms with Crippen LogP contribution in [0.3, 0.4) is 0 Å². The van der Waals surface area contributed by atoms with E-state index in [2.05, 4.69) is 10.6 Å². The highest BCUT2D eigenvalue weighted by Gasteiger charge is 2.45. The van der Waals surface area contributed by atoms with Crippen LogP contribution in [0.25, 0.3) is 0 Å². The Morgan fingerprint density at radius 3 is 2.11 bits per heavy atom. The normalized spacial score (nSPS) is 16.1. The van der Waals surface area contributed by atoms with Crippen LogP contribution in [-0.4, -0.2) is 106 Å². The Morgan fingerprint density at radius 2 is 1.47 bits per heavy atom. The smallest absolute Gasteiger partial charge is 0.305 e. The van der Waals surface area contributed by atoms with Gasteiger partial charge in [0.05, 0.1) is 63.1 Å². The van der Waals surface area contributed by atoms with Crippen LogP contribution in [-0.2, 0) is 42.9 Å². The minimum absolute atomic E-state index is 0.0298. The first-order valence-corrected chi connectivity index (χ1v) is 15.4. The number of imide groups is 2. The second-order valence-corrected chi connectivity index (χ2v) is 10.5. The standard InChI is InChI=1S/C31H43N3O11/c1-2-7-27(37)45-21-20-44-19-18-43-17-16-42-15-14-41-13-5-3-4-10-25(35)32-23-9-6-8-22-28(23)31(40)34(30(22)39)24-11-12-26(36)33-29(24)38/h6,8-9,24H,2-5,7,10-21H2,1H3,(H,32,35)(H,33,36,38). The number of nitrogens with zero attached hydrogens (tertiary/aromatic N) is 1. The number of unbranched alkanes of at least 4 members (excludes halogenated alkanes) is 2. The van der Waals surface area contributed by atoms with Gasteiger partial charge in [-0.2, -0.15) is 0 Å². The molecule has 5 amide bonds. The molecule has 1 aromatic carbocycles. The average Bonchev–Trinajstić information content (AvgIpc) is 3.26. The van der Waals surface area contributed by atoms with Crippen LogP contribution >= 0.6 is 0 Å². The fourth-order valence-electron chi connectivity index (χ4n) is 4.75. The van der Waals surface area contributed by atoms with Gasteiger partial charge >= 0.3 is 5.97 Å². The lowest BCUT2D eigenvalue weighted by Crippen LogP contribution is -2.54. The predicted octanol–water partition coefficient (Wildman–Crippen LogP) is 2.00. The average molecular weight is 634 g/mol. The zero-order valence-electron chi connectivity index (χ0n) is 25.8. The van der Waals surface area contributed by atoms with E-state index in [1.165, 1.54) is 6.07 Å². The van der Waals surface area contributed by atoms with E-state index < -0.39 is 29.7 Å². The van der Waals surface area contributed by atoms with Crippen LogP contribution in [0.2, 0.25) is 0 Å². The minimum Gasteiger partial charge on any atom is -0.463 e. The highest BCUT2D eigenvalue weighted by atomic mass is 16.6. The van der Waals surface area contributed by atoms with Crippen LogP contribution in [0.4, 0.5) is 5.69 Å². The van der Waals surface area contributed by atoms with Crippen LogP contribution in [0.15, 0.2) is 18.2 Å². The Hall–Kier alpha value is -3.72. The van der Waals surface area contributed by atoms with Crippen molar-refractivity contribution >= 4 is 41.2 Å². The molecule has 248 valence electrons. The van der Waals surface area contributed by atoms with E-state index in [-0.39, 0.29) is 54.6 Å². The number of hydrogen-bond donors (Lipinski definition) is 2. The van der Waals surface area contributed by atoms with Crippen molar-refractivity contribution in [1.82, 2.24) is 10.2 Å². The van der Waals surface area contributed by atoms with Gasteiger partial charge in [-0.05, 0) is 37.8 Å². The first kappa shape index (κ1) is 35.8. The summed E-state index contributed by atoms with van der Waals surface area (Å²) >= 11 is 0. The number of fused-ring (bicyclic) bond motifs is 1. The monoisotopic (exact) mass is 633 g/mol. The number of esters is 1. The number of hydrogen-bond acceptors (Lipinski definition) is 11. The number of amides is 5. The van der Waals surface area contributed by atoms with Crippen LogP contribution in [0, 0.1) is 0 Å². The third-order valence-corrected chi connectivity index (χ3v) is 7.00. The Morgan fingerprint density at radius 1 is 0.822 bits per heavy atom. The number of benzene rings is 1. The Bertz CT molecular complexity index is 1190. The Labute approximate surface area is 262 Å². The summed E-state index contributed by atoms with van der Waals surface area (Å²) in [5, 5.41) is 4.89. The van der Waals surface area contributed by atoms with E-state index in [1.54, 1.807) is 12.1 Å². The molecule has 14 nitrogen and oxygen atoms in total. The molecule has 14 heteroatoms. The first-order valence-electron chi connectivity index (χ1n) is 15.4. The third-order valence-electron chi connectivity index (χ3n) is 7.00. The highest BCUT2D eigenvalue weighted by Crippen LogP contribution is 2.32. The van der Waals surface area contributed by atoms with Gasteiger partial charge in [0.15, 0.2) is 0 Å². The fraction of sp³-hybridized carbons (Fsp3) is 0.613. The van der Waals surface area contributed by atoms with Gasteiger partial charge in [-0.1, -0.05) is 19.4 Å². The lowest BCUT2D eigenvalue weighted by atomic mass is 10.0. The molecule has 2 N–H and O–H groups in total. The molecule has 45 heavy (non-hydrogen) atoms. The summed E-state index contributed by atoms with van der Waals surface area (Å²) in [6, 6.07) is 3.52. The van der Waals surface area contributed by atoms with Gasteiger partial charge in [0.2, 0.25) is 17.7 Å². The van der Waals surface area contributed by atoms with Crippen LogP contribution in [0.1, 0.15) is 79.0 Å². The Kier molecular flexibility index (Phi) is 15.6. The lowest BCUT2D eigenvalue weighted by Gasteiger charge is -2.27. The molecule has 2 heterocycles. The largest absolute Gasteiger partial charge is 0.463 e. The molecule has 1 saturated heterocycles. The van der Waals surface area contributed by atoms with Gasteiger partial charge in [-0.3, -0.25) is 39.0 Å². The predicted molar refractivity (Wildman–Crippen MR) is 159 cm³/mol. The summed E-state index contributed by atoms with van der Waals surface area (Å²) < 4.78 is 26.7. The summed E-state index contributed by atoms with van der Waals surface area (Å²) in [5.74, 6) is -2.93. The molecule has 0 saturated carbocycles. The highest BCUT2D eigenvalue weighted by molar-refractivity contribution is 6.26. The van der Waals surface area contributed by atoms with Gasteiger partial charge in [0, 0.05) is 25.9 Å². The zero-order chi connectivity index (χ0) is 32.4. The van der Waals surface area contributed by atoms with Crippen LogP contribution < -0.4 is 10.6 Å². The number of carbonyl (C=O) groups is 6. The van der Waals surface area contributed by atoms with Gasteiger partial charge < -0.3 is 29.0 Å². The second-order valence-electron chi connectivity index (χ2n) is 10.5. The number of piperidine rings is 1. The first-order chi connectivity index (χ1) is 21.8. The van der Waals surface area contributed by atoms with Crippen LogP contribution in [0.5, 0.6) is 0 Å². The topological polar surface area (TPSA) is 176 Å². The maximum Gasteiger partial charge on any atom is 0.305 e. The van der Waals surface area contributed by atoms with E-state index in [9.17, 15) is 28.8 Å². The summed E-state index contributed by atoms with van der Waals surface area (Å²) in [7, 11) is 0.